The highest BCUT2D eigenvalue weighted by Gasteiger charge is 2.46. The van der Waals surface area contributed by atoms with Crippen molar-refractivity contribution in [2.45, 2.75) is 5.41 Å². The van der Waals surface area contributed by atoms with E-state index in [1.807, 2.05) is 66.7 Å². The lowest BCUT2D eigenvalue weighted by molar-refractivity contribution is 0.771. The van der Waals surface area contributed by atoms with Gasteiger partial charge in [-0.25, -0.2) is 0 Å². The first kappa shape index (κ1) is 21.8. The van der Waals surface area contributed by atoms with Crippen LogP contribution < -0.4 is 4.90 Å². The number of fused-ring (bicyclic) bond motifs is 7. The summed E-state index contributed by atoms with van der Waals surface area (Å²) in [6.45, 7) is 0. The van der Waals surface area contributed by atoms with Gasteiger partial charge in [0.05, 0.1) is 15.0 Å². The first-order valence-corrected chi connectivity index (χ1v) is 17.1. The summed E-state index contributed by atoms with van der Waals surface area (Å²) in [6, 6.07) is 46.7. The van der Waals surface area contributed by atoms with Crippen molar-refractivity contribution in [3.63, 3.8) is 0 Å². The first-order chi connectivity index (χ1) is 27.2. The van der Waals surface area contributed by atoms with Crippen molar-refractivity contribution in [2.75, 3.05) is 4.90 Å². The van der Waals surface area contributed by atoms with Crippen LogP contribution in [0.2, 0.25) is 0 Å². The van der Waals surface area contributed by atoms with Crippen LogP contribution in [0, 0.1) is 0 Å². The third kappa shape index (κ3) is 4.24. The van der Waals surface area contributed by atoms with E-state index in [1.165, 1.54) is 0 Å². The summed E-state index contributed by atoms with van der Waals surface area (Å²) in [5.74, 6) is 0. The maximum atomic E-state index is 9.95. The molecule has 8 aromatic carbocycles. The van der Waals surface area contributed by atoms with Crippen molar-refractivity contribution in [1.82, 2.24) is 0 Å². The van der Waals surface area contributed by atoms with Gasteiger partial charge in [-0.2, -0.15) is 0 Å². The van der Waals surface area contributed by atoms with Gasteiger partial charge >= 0.3 is 0 Å². The Morgan fingerprint density at radius 3 is 1.96 bits per heavy atom. The molecule has 0 fully saturated rings. The standard InChI is InChI=1S/C47H31NS/c1-3-15-36(16-4-1)48(37-17-5-2-6-18-37)38-26-27-44-41(31-38)39-19-9-11-21-43(39)47(44,34-24-23-32-13-7-8-14-33(32)29-34)35-25-28-46-42(30-35)40-20-10-12-22-45(40)49-46/h1-31H/i7D,8D,13D,14D,23D,24D,29D. The van der Waals surface area contributed by atoms with Crippen LogP contribution in [-0.4, -0.2) is 0 Å². The van der Waals surface area contributed by atoms with Crippen molar-refractivity contribution in [3.05, 3.63) is 210 Å². The smallest absolute Gasteiger partial charge is 0.0714 e. The number of hydrogen-bond donors (Lipinski definition) is 0. The van der Waals surface area contributed by atoms with Gasteiger partial charge in [0.25, 0.3) is 0 Å². The number of rotatable bonds is 5. The molecule has 1 unspecified atom stereocenters. The van der Waals surface area contributed by atoms with Gasteiger partial charge in [-0.05, 0) is 105 Å². The van der Waals surface area contributed by atoms with Gasteiger partial charge < -0.3 is 4.90 Å². The van der Waals surface area contributed by atoms with E-state index >= 15 is 0 Å². The molecule has 10 rings (SSSR count). The Kier molecular flexibility index (Phi) is 4.92. The fraction of sp³-hybridized carbons (Fsp3) is 0.0213. The molecule has 9 aromatic rings. The number of nitrogens with zero attached hydrogens (tertiary/aromatic N) is 1. The average molecular weight is 649 g/mol. The van der Waals surface area contributed by atoms with E-state index in [2.05, 4.69) is 83.8 Å². The second kappa shape index (κ2) is 11.1. The maximum Gasteiger partial charge on any atom is 0.0714 e. The summed E-state index contributed by atoms with van der Waals surface area (Å²) in [7, 11) is 0. The SMILES string of the molecule is [2H]c1c([2H])c([2H])c2c([2H])c(C3(c4ccc5sc6ccccc6c5c4)c4ccccc4-c4cc(N(c5ccccc5)c5ccccc5)ccc43)c([2H])c([2H])c2c1[2H]. The minimum atomic E-state index is -1.30. The summed E-state index contributed by atoms with van der Waals surface area (Å²) in [5, 5.41) is 1.96. The Morgan fingerprint density at radius 1 is 0.469 bits per heavy atom. The predicted molar refractivity (Wildman–Crippen MR) is 209 cm³/mol. The van der Waals surface area contributed by atoms with Crippen LogP contribution in [0.1, 0.15) is 31.8 Å². The zero-order chi connectivity index (χ0) is 38.5. The first-order valence-electron chi connectivity index (χ1n) is 19.8. The molecular formula is C47H31NS. The second-order valence-corrected chi connectivity index (χ2v) is 13.4. The zero-order valence-corrected chi connectivity index (χ0v) is 27.0. The molecule has 1 aliphatic rings. The van der Waals surface area contributed by atoms with Crippen LogP contribution in [0.4, 0.5) is 17.1 Å². The fourth-order valence-electron chi connectivity index (χ4n) is 7.67. The van der Waals surface area contributed by atoms with E-state index in [1.54, 1.807) is 11.3 Å². The number of thiophene rings is 1. The Hall–Kier alpha value is -5.96. The summed E-state index contributed by atoms with van der Waals surface area (Å²) < 4.78 is 66.1. The number of para-hydroxylation sites is 2. The molecule has 1 heterocycles. The lowest BCUT2D eigenvalue weighted by Gasteiger charge is -2.34. The van der Waals surface area contributed by atoms with Gasteiger partial charge in [-0.3, -0.25) is 0 Å². The van der Waals surface area contributed by atoms with Gasteiger partial charge in [0.1, 0.15) is 0 Å². The van der Waals surface area contributed by atoms with Crippen molar-refractivity contribution < 1.29 is 9.60 Å². The number of benzene rings is 8. The lowest BCUT2D eigenvalue weighted by Crippen LogP contribution is -2.28. The Labute approximate surface area is 299 Å². The minimum absolute atomic E-state index is 0.0599. The molecule has 230 valence electrons. The molecular weight excluding hydrogens is 611 g/mol. The normalized spacial score (nSPS) is 17.0. The van der Waals surface area contributed by atoms with Gasteiger partial charge in [0.2, 0.25) is 0 Å². The molecule has 1 aliphatic carbocycles. The van der Waals surface area contributed by atoms with E-state index in [9.17, 15) is 4.11 Å². The minimum Gasteiger partial charge on any atom is -0.310 e. The Bertz CT molecular complexity index is 3030. The van der Waals surface area contributed by atoms with Gasteiger partial charge in [0, 0.05) is 37.2 Å². The molecule has 0 saturated carbocycles. The van der Waals surface area contributed by atoms with E-state index in [4.69, 9.17) is 5.48 Å². The fourth-order valence-corrected chi connectivity index (χ4v) is 8.75. The van der Waals surface area contributed by atoms with Crippen molar-refractivity contribution in [1.29, 1.82) is 0 Å². The largest absolute Gasteiger partial charge is 0.310 e. The molecule has 0 amide bonds. The van der Waals surface area contributed by atoms with E-state index in [0.29, 0.717) is 0 Å². The topological polar surface area (TPSA) is 3.24 Å². The summed E-state index contributed by atoms with van der Waals surface area (Å²) in [6.07, 6.45) is 0. The third-order valence-corrected chi connectivity index (χ3v) is 10.9. The molecule has 0 spiro atoms. The molecule has 0 radical (unpaired) electrons. The van der Waals surface area contributed by atoms with Crippen molar-refractivity contribution in [3.8, 4) is 11.1 Å². The molecule has 1 atom stereocenters. The van der Waals surface area contributed by atoms with Crippen LogP contribution in [0.3, 0.4) is 0 Å². The quantitative estimate of drug-likeness (QED) is 0.179. The van der Waals surface area contributed by atoms with E-state index in [-0.39, 0.29) is 34.5 Å². The highest BCUT2D eigenvalue weighted by Crippen LogP contribution is 2.58. The molecule has 0 bridgehead atoms. The van der Waals surface area contributed by atoms with Crippen LogP contribution in [0.25, 0.3) is 42.1 Å². The third-order valence-electron chi connectivity index (χ3n) is 9.75. The Balaban J connectivity index is 1.36. The number of anilines is 3. The molecule has 0 aliphatic heterocycles. The highest BCUT2D eigenvalue weighted by atomic mass is 32.1. The predicted octanol–water partition coefficient (Wildman–Crippen LogP) is 13.0. The molecule has 0 saturated heterocycles. The molecule has 0 N–H and O–H groups in total. The van der Waals surface area contributed by atoms with Crippen molar-refractivity contribution in [2.24, 2.45) is 0 Å². The Morgan fingerprint density at radius 2 is 1.14 bits per heavy atom. The second-order valence-electron chi connectivity index (χ2n) is 12.3. The van der Waals surface area contributed by atoms with Crippen LogP contribution in [0.5, 0.6) is 0 Å². The van der Waals surface area contributed by atoms with Crippen LogP contribution in [-0.2, 0) is 5.41 Å². The van der Waals surface area contributed by atoms with E-state index < -0.39 is 29.6 Å². The highest BCUT2D eigenvalue weighted by molar-refractivity contribution is 7.25. The maximum absolute atomic E-state index is 9.95. The molecule has 2 heteroatoms. The van der Waals surface area contributed by atoms with Gasteiger partial charge in [0.15, 0.2) is 0 Å². The average Bonchev–Trinajstić information content (AvgIpc) is 3.75. The van der Waals surface area contributed by atoms with Gasteiger partial charge in [-0.1, -0.05) is 127 Å². The summed E-state index contributed by atoms with van der Waals surface area (Å²) in [5.41, 5.74) is 6.07. The monoisotopic (exact) mass is 648 g/mol. The molecule has 1 aromatic heterocycles. The zero-order valence-electron chi connectivity index (χ0n) is 33.2. The molecule has 49 heavy (non-hydrogen) atoms. The van der Waals surface area contributed by atoms with Crippen molar-refractivity contribution >= 4 is 59.3 Å². The lowest BCUT2D eigenvalue weighted by atomic mass is 9.67. The summed E-state index contributed by atoms with van der Waals surface area (Å²) >= 11 is 1.70. The van der Waals surface area contributed by atoms with Crippen LogP contribution >= 0.6 is 11.3 Å². The molecule has 1 nitrogen and oxygen atoms in total. The number of hydrogen-bond acceptors (Lipinski definition) is 2. The summed E-state index contributed by atoms with van der Waals surface area (Å²) in [4.78, 5) is 2.20. The van der Waals surface area contributed by atoms with Gasteiger partial charge in [-0.15, -0.1) is 11.3 Å². The van der Waals surface area contributed by atoms with Crippen LogP contribution in [0.15, 0.2) is 188 Å². The van der Waals surface area contributed by atoms with E-state index in [0.717, 1.165) is 65.1 Å².